The number of ether oxygens (including phenoxy) is 1. The first-order valence-electron chi connectivity index (χ1n) is 17.0. The molecule has 242 valence electrons. The van der Waals surface area contributed by atoms with Crippen LogP contribution < -0.4 is 0 Å². The summed E-state index contributed by atoms with van der Waals surface area (Å²) in [6.07, 6.45) is 13.9. The Morgan fingerprint density at radius 3 is 2.00 bits per heavy atom. The van der Waals surface area contributed by atoms with Gasteiger partial charge >= 0.3 is 15.7 Å². The summed E-state index contributed by atoms with van der Waals surface area (Å²) >= 11 is 0. The zero-order chi connectivity index (χ0) is 32.3. The Balaban J connectivity index is 1.86. The third kappa shape index (κ3) is 12.6. The molecule has 3 aromatic rings. The summed E-state index contributed by atoms with van der Waals surface area (Å²) in [6.45, 7) is 8.46. The van der Waals surface area contributed by atoms with Gasteiger partial charge in [0.05, 0.1) is 0 Å². The minimum Gasteiger partial charge on any atom is -0.540 e. The van der Waals surface area contributed by atoms with Crippen LogP contribution in [-0.4, -0.2) is 27.4 Å². The number of allylic oxidation sites excluding steroid dienone is 1. The molecule has 1 atom stereocenters. The second-order valence-electron chi connectivity index (χ2n) is 12.6. The molecule has 3 rings (SSSR count). The van der Waals surface area contributed by atoms with Crippen LogP contribution in [0.2, 0.25) is 5.04 Å². The first kappa shape index (κ1) is 36.3. The van der Waals surface area contributed by atoms with Crippen molar-refractivity contribution < 1.29 is 19.1 Å². The maximum absolute atomic E-state index is 12.0. The van der Waals surface area contributed by atoms with Crippen LogP contribution >= 0.6 is 0 Å². The van der Waals surface area contributed by atoms with E-state index < -0.39 is 0 Å². The standard InChI is InChI=1S/C40H54O4Si/c1-5-6-7-8-9-10-11-18-29-38(36-27-21-26-35(31-36)37(43-32(2)42)28-19-20-30-41)44-45-40(3,4)39(33-22-14-12-15-23-33)34-24-16-13-17-25-34/h12-17,21-27,29,31,37,39,41H,5-11,18-20,28,30H2,1-4H3/b38-29+. The molecular weight excluding hydrogens is 573 g/mol. The van der Waals surface area contributed by atoms with Crippen molar-refractivity contribution in [3.05, 3.63) is 113 Å². The highest BCUT2D eigenvalue weighted by Gasteiger charge is 2.35. The van der Waals surface area contributed by atoms with E-state index in [2.05, 4.69) is 99.6 Å². The number of carbonyl (C=O) groups excluding carboxylic acids is 1. The molecule has 0 fully saturated rings. The number of esters is 1. The predicted molar refractivity (Wildman–Crippen MR) is 188 cm³/mol. The van der Waals surface area contributed by atoms with Gasteiger partial charge in [-0.15, -0.1) is 0 Å². The highest BCUT2D eigenvalue weighted by Crippen LogP contribution is 2.46. The zero-order valence-electron chi connectivity index (χ0n) is 28.0. The summed E-state index contributed by atoms with van der Waals surface area (Å²) in [7, 11) is 0.214. The minimum atomic E-state index is -0.349. The van der Waals surface area contributed by atoms with Gasteiger partial charge in [0.1, 0.15) is 11.9 Å². The third-order valence-electron chi connectivity index (χ3n) is 8.27. The molecule has 1 unspecified atom stereocenters. The molecule has 2 radical (unpaired) electrons. The first-order chi connectivity index (χ1) is 21.9. The SMILES string of the molecule is CCCCCCCCC/C=C(/O[Si]C(C)(C)C(c1ccccc1)c1ccccc1)c1cccc(C(CCCCO)OC(C)=O)c1. The number of hydrogen-bond donors (Lipinski definition) is 1. The van der Waals surface area contributed by atoms with Gasteiger partial charge in [-0.05, 0) is 60.9 Å². The van der Waals surface area contributed by atoms with Gasteiger partial charge in [0, 0.05) is 30.1 Å². The molecule has 1 N–H and O–H groups in total. The van der Waals surface area contributed by atoms with Gasteiger partial charge in [0.15, 0.2) is 0 Å². The van der Waals surface area contributed by atoms with E-state index >= 15 is 0 Å². The maximum atomic E-state index is 12.0. The Hall–Kier alpha value is -3.15. The second-order valence-corrected chi connectivity index (χ2v) is 14.3. The van der Waals surface area contributed by atoms with Gasteiger partial charge in [-0.3, -0.25) is 4.79 Å². The molecule has 45 heavy (non-hydrogen) atoms. The van der Waals surface area contributed by atoms with E-state index in [-0.39, 0.29) is 39.4 Å². The van der Waals surface area contributed by atoms with Gasteiger partial charge in [-0.2, -0.15) is 0 Å². The molecule has 4 nitrogen and oxygen atoms in total. The molecule has 0 saturated heterocycles. The van der Waals surface area contributed by atoms with Crippen LogP contribution in [0.15, 0.2) is 91.0 Å². The van der Waals surface area contributed by atoms with Crippen molar-refractivity contribution in [1.82, 2.24) is 0 Å². The van der Waals surface area contributed by atoms with E-state index in [1.807, 2.05) is 12.1 Å². The summed E-state index contributed by atoms with van der Waals surface area (Å²) in [6, 6.07) is 29.8. The number of unbranched alkanes of at least 4 members (excludes halogenated alkanes) is 8. The first-order valence-corrected chi connectivity index (χ1v) is 17.9. The largest absolute Gasteiger partial charge is 0.540 e. The van der Waals surface area contributed by atoms with Gasteiger partial charge in [0.25, 0.3) is 0 Å². The van der Waals surface area contributed by atoms with Crippen LogP contribution in [0.4, 0.5) is 0 Å². The Kier molecular flexibility index (Phi) is 16.2. The van der Waals surface area contributed by atoms with E-state index in [0.29, 0.717) is 12.8 Å². The van der Waals surface area contributed by atoms with Crippen LogP contribution in [-0.2, 0) is 14.0 Å². The highest BCUT2D eigenvalue weighted by atomic mass is 28.2. The van der Waals surface area contributed by atoms with E-state index in [4.69, 9.17) is 9.16 Å². The molecule has 0 aliphatic carbocycles. The summed E-state index contributed by atoms with van der Waals surface area (Å²) < 4.78 is 12.6. The molecule has 0 bridgehead atoms. The van der Waals surface area contributed by atoms with E-state index in [9.17, 15) is 9.90 Å². The topological polar surface area (TPSA) is 55.8 Å². The van der Waals surface area contributed by atoms with Crippen LogP contribution in [0.1, 0.15) is 133 Å². The molecule has 0 heterocycles. The number of hydrogen-bond acceptors (Lipinski definition) is 4. The van der Waals surface area contributed by atoms with Crippen molar-refractivity contribution in [1.29, 1.82) is 0 Å². The molecule has 0 amide bonds. The summed E-state index contributed by atoms with van der Waals surface area (Å²) in [5.74, 6) is 0.774. The summed E-state index contributed by atoms with van der Waals surface area (Å²) in [4.78, 5) is 12.0. The van der Waals surface area contributed by atoms with Gasteiger partial charge in [0.2, 0.25) is 0 Å². The van der Waals surface area contributed by atoms with Crippen LogP contribution in [0.25, 0.3) is 5.76 Å². The smallest absolute Gasteiger partial charge is 0.318 e. The second kappa shape index (κ2) is 20.1. The maximum Gasteiger partial charge on any atom is 0.318 e. The molecule has 5 heteroatoms. The molecule has 0 aromatic heterocycles. The van der Waals surface area contributed by atoms with E-state index in [1.165, 1.54) is 56.6 Å². The number of carbonyl (C=O) groups is 1. The van der Waals surface area contributed by atoms with Crippen LogP contribution in [0, 0.1) is 0 Å². The number of rotatable bonds is 21. The average molecular weight is 627 g/mol. The Morgan fingerprint density at radius 1 is 0.800 bits per heavy atom. The van der Waals surface area contributed by atoms with E-state index in [0.717, 1.165) is 36.1 Å². The molecule has 0 aliphatic rings. The minimum absolute atomic E-state index is 0.135. The quantitative estimate of drug-likeness (QED) is 0.0553. The molecular formula is C40H54O4Si. The molecule has 0 saturated carbocycles. The number of benzene rings is 3. The molecule has 0 spiro atoms. The normalized spacial score (nSPS) is 12.7. The fraction of sp³-hybridized carbons (Fsp3) is 0.475. The number of aliphatic hydroxyl groups excluding tert-OH is 1. The van der Waals surface area contributed by atoms with Crippen molar-refractivity contribution in [3.63, 3.8) is 0 Å². The third-order valence-corrected chi connectivity index (χ3v) is 9.41. The fourth-order valence-corrected chi connectivity index (χ4v) is 6.97. The van der Waals surface area contributed by atoms with Crippen molar-refractivity contribution in [2.75, 3.05) is 6.61 Å². The fourth-order valence-electron chi connectivity index (χ4n) is 5.94. The lowest BCUT2D eigenvalue weighted by Crippen LogP contribution is -2.25. The Labute approximate surface area is 275 Å². The Bertz CT molecular complexity index is 1230. The Morgan fingerprint density at radius 2 is 1.40 bits per heavy atom. The van der Waals surface area contributed by atoms with Gasteiger partial charge in [-0.25, -0.2) is 0 Å². The average Bonchev–Trinajstić information content (AvgIpc) is 3.04. The highest BCUT2D eigenvalue weighted by molar-refractivity contribution is 6.34. The van der Waals surface area contributed by atoms with Crippen molar-refractivity contribution >= 4 is 21.5 Å². The van der Waals surface area contributed by atoms with Crippen molar-refractivity contribution in [3.8, 4) is 0 Å². The van der Waals surface area contributed by atoms with Crippen molar-refractivity contribution in [2.24, 2.45) is 0 Å². The lowest BCUT2D eigenvalue weighted by atomic mass is 9.82. The van der Waals surface area contributed by atoms with Crippen molar-refractivity contribution in [2.45, 2.75) is 115 Å². The van der Waals surface area contributed by atoms with Gasteiger partial charge < -0.3 is 14.3 Å². The van der Waals surface area contributed by atoms with E-state index in [1.54, 1.807) is 0 Å². The molecule has 0 aliphatic heterocycles. The predicted octanol–water partition coefficient (Wildman–Crippen LogP) is 10.6. The zero-order valence-corrected chi connectivity index (χ0v) is 29.0. The lowest BCUT2D eigenvalue weighted by Gasteiger charge is -2.34. The van der Waals surface area contributed by atoms with Crippen LogP contribution in [0.3, 0.4) is 0 Å². The lowest BCUT2D eigenvalue weighted by molar-refractivity contribution is -0.147. The van der Waals surface area contributed by atoms with Crippen LogP contribution in [0.5, 0.6) is 0 Å². The number of aliphatic hydroxyl groups is 1. The molecule has 3 aromatic carbocycles. The summed E-state index contributed by atoms with van der Waals surface area (Å²) in [5.41, 5.74) is 4.54. The van der Waals surface area contributed by atoms with Gasteiger partial charge in [-0.1, -0.05) is 138 Å². The monoisotopic (exact) mass is 626 g/mol. The summed E-state index contributed by atoms with van der Waals surface area (Å²) in [5, 5.41) is 9.12.